The summed E-state index contributed by atoms with van der Waals surface area (Å²) in [4.78, 5) is 19.5. The van der Waals surface area contributed by atoms with Crippen molar-refractivity contribution in [2.45, 2.75) is 33.2 Å². The summed E-state index contributed by atoms with van der Waals surface area (Å²) in [6.07, 6.45) is 1.96. The van der Waals surface area contributed by atoms with Crippen molar-refractivity contribution in [3.63, 3.8) is 0 Å². The molecule has 0 unspecified atom stereocenters. The summed E-state index contributed by atoms with van der Waals surface area (Å²) in [5, 5.41) is 7.72. The van der Waals surface area contributed by atoms with Gasteiger partial charge in [-0.3, -0.25) is 9.69 Å². The first-order chi connectivity index (χ1) is 14.5. The first-order valence-electron chi connectivity index (χ1n) is 10.3. The molecule has 1 amide bonds. The topological polar surface area (TPSA) is 63.1 Å². The van der Waals surface area contributed by atoms with Crippen LogP contribution in [0.15, 0.2) is 42.5 Å². The molecule has 0 atom stereocenters. The SMILES string of the molecule is Cc1cc(C)n(-c2ccc(Cl)c(C(=O)NCCCN3CCc4ccccc4C3)n2)n1. The van der Waals surface area contributed by atoms with E-state index in [1.807, 2.05) is 19.9 Å². The zero-order valence-electron chi connectivity index (χ0n) is 17.4. The van der Waals surface area contributed by atoms with Crippen molar-refractivity contribution in [1.82, 2.24) is 25.0 Å². The molecular weight excluding hydrogens is 398 g/mol. The number of fused-ring (bicyclic) bond motifs is 1. The fourth-order valence-electron chi connectivity index (χ4n) is 3.90. The minimum absolute atomic E-state index is 0.230. The Hall–Kier alpha value is -2.70. The summed E-state index contributed by atoms with van der Waals surface area (Å²) in [7, 11) is 0. The van der Waals surface area contributed by atoms with E-state index in [9.17, 15) is 4.79 Å². The third-order valence-electron chi connectivity index (χ3n) is 5.42. The lowest BCUT2D eigenvalue weighted by atomic mass is 10.00. The van der Waals surface area contributed by atoms with E-state index in [0.717, 1.165) is 43.9 Å². The lowest BCUT2D eigenvalue weighted by Gasteiger charge is -2.28. The molecule has 30 heavy (non-hydrogen) atoms. The maximum Gasteiger partial charge on any atom is 0.271 e. The smallest absolute Gasteiger partial charge is 0.271 e. The Kier molecular flexibility index (Phi) is 6.16. The predicted molar refractivity (Wildman–Crippen MR) is 118 cm³/mol. The summed E-state index contributed by atoms with van der Waals surface area (Å²) >= 11 is 6.24. The second kappa shape index (κ2) is 8.98. The average Bonchev–Trinajstić information content (AvgIpc) is 3.09. The van der Waals surface area contributed by atoms with Gasteiger partial charge in [-0.25, -0.2) is 9.67 Å². The fourth-order valence-corrected chi connectivity index (χ4v) is 4.09. The number of hydrogen-bond donors (Lipinski definition) is 1. The Bertz CT molecular complexity index is 1060. The molecule has 3 heterocycles. The summed E-state index contributed by atoms with van der Waals surface area (Å²) in [5.74, 6) is 0.328. The third kappa shape index (κ3) is 4.55. The molecule has 0 bridgehead atoms. The lowest BCUT2D eigenvalue weighted by molar-refractivity contribution is 0.0946. The van der Waals surface area contributed by atoms with Gasteiger partial charge in [-0.05, 0) is 56.0 Å². The number of nitrogens with zero attached hydrogens (tertiary/aromatic N) is 4. The Morgan fingerprint density at radius 3 is 2.73 bits per heavy atom. The van der Waals surface area contributed by atoms with Crippen LogP contribution in [0.25, 0.3) is 5.82 Å². The van der Waals surface area contributed by atoms with Crippen LogP contribution in [0.4, 0.5) is 0 Å². The van der Waals surface area contributed by atoms with E-state index < -0.39 is 0 Å². The van der Waals surface area contributed by atoms with Crippen LogP contribution >= 0.6 is 11.6 Å². The van der Waals surface area contributed by atoms with Crippen molar-refractivity contribution in [3.8, 4) is 5.82 Å². The van der Waals surface area contributed by atoms with Crippen molar-refractivity contribution >= 4 is 17.5 Å². The first kappa shape index (κ1) is 20.6. The molecule has 156 valence electrons. The molecule has 6 nitrogen and oxygen atoms in total. The molecule has 4 rings (SSSR count). The van der Waals surface area contributed by atoms with Crippen molar-refractivity contribution in [2.75, 3.05) is 19.6 Å². The number of rotatable bonds is 6. The Morgan fingerprint density at radius 1 is 1.17 bits per heavy atom. The van der Waals surface area contributed by atoms with Gasteiger partial charge in [-0.1, -0.05) is 35.9 Å². The maximum atomic E-state index is 12.7. The van der Waals surface area contributed by atoms with E-state index in [-0.39, 0.29) is 11.6 Å². The molecule has 0 spiro atoms. The number of nitrogens with one attached hydrogen (secondary N) is 1. The molecule has 2 aromatic heterocycles. The van der Waals surface area contributed by atoms with Crippen LogP contribution in [0.3, 0.4) is 0 Å². The quantitative estimate of drug-likeness (QED) is 0.614. The predicted octanol–water partition coefficient (Wildman–Crippen LogP) is 3.72. The molecule has 3 aromatic rings. The molecule has 1 aromatic carbocycles. The molecule has 1 aliphatic rings. The highest BCUT2D eigenvalue weighted by Gasteiger charge is 2.17. The summed E-state index contributed by atoms with van der Waals surface area (Å²) in [6.45, 7) is 7.44. The lowest BCUT2D eigenvalue weighted by Crippen LogP contribution is -2.34. The maximum absolute atomic E-state index is 12.7. The zero-order valence-corrected chi connectivity index (χ0v) is 18.1. The molecule has 0 saturated carbocycles. The van der Waals surface area contributed by atoms with E-state index in [4.69, 9.17) is 11.6 Å². The van der Waals surface area contributed by atoms with Crippen molar-refractivity contribution in [3.05, 3.63) is 75.7 Å². The van der Waals surface area contributed by atoms with E-state index in [0.29, 0.717) is 17.4 Å². The minimum atomic E-state index is -0.257. The molecule has 1 N–H and O–H groups in total. The first-order valence-corrected chi connectivity index (χ1v) is 10.7. The molecule has 7 heteroatoms. The fraction of sp³-hybridized carbons (Fsp3) is 0.348. The van der Waals surface area contributed by atoms with Crippen molar-refractivity contribution in [1.29, 1.82) is 0 Å². The molecule has 0 saturated heterocycles. The van der Waals surface area contributed by atoms with E-state index in [1.165, 1.54) is 11.1 Å². The minimum Gasteiger partial charge on any atom is -0.351 e. The standard InChI is InChI=1S/C23H26ClN5O/c1-16-14-17(2)29(27-16)21-9-8-20(24)22(26-21)23(30)25-11-5-12-28-13-10-18-6-3-4-7-19(18)15-28/h3-4,6-9,14H,5,10-13,15H2,1-2H3,(H,25,30). The van der Waals surface area contributed by atoms with Gasteiger partial charge in [0, 0.05) is 31.9 Å². The highest BCUT2D eigenvalue weighted by atomic mass is 35.5. The number of pyridine rings is 1. The second-order valence-corrected chi connectivity index (χ2v) is 8.15. The molecule has 0 fully saturated rings. The van der Waals surface area contributed by atoms with Gasteiger partial charge in [0.05, 0.1) is 10.7 Å². The number of amides is 1. The van der Waals surface area contributed by atoms with E-state index >= 15 is 0 Å². The van der Waals surface area contributed by atoms with Crippen LogP contribution in [0, 0.1) is 13.8 Å². The number of aryl methyl sites for hydroxylation is 2. The highest BCUT2D eigenvalue weighted by molar-refractivity contribution is 6.33. The van der Waals surface area contributed by atoms with Crippen LogP contribution in [-0.4, -0.2) is 45.2 Å². The van der Waals surface area contributed by atoms with Gasteiger partial charge in [0.2, 0.25) is 0 Å². The number of aromatic nitrogens is 3. The summed E-state index contributed by atoms with van der Waals surface area (Å²) in [6, 6.07) is 14.0. The van der Waals surface area contributed by atoms with Crippen LogP contribution in [-0.2, 0) is 13.0 Å². The average molecular weight is 424 g/mol. The van der Waals surface area contributed by atoms with Gasteiger partial charge < -0.3 is 5.32 Å². The molecule has 0 aliphatic carbocycles. The largest absolute Gasteiger partial charge is 0.351 e. The Labute approximate surface area is 181 Å². The van der Waals surface area contributed by atoms with Crippen molar-refractivity contribution < 1.29 is 4.79 Å². The number of hydrogen-bond acceptors (Lipinski definition) is 4. The zero-order chi connectivity index (χ0) is 21.1. The van der Waals surface area contributed by atoms with Gasteiger partial charge >= 0.3 is 0 Å². The van der Waals surface area contributed by atoms with E-state index in [2.05, 4.69) is 44.6 Å². The normalized spacial score (nSPS) is 13.8. The van der Waals surface area contributed by atoms with Gasteiger partial charge in [-0.2, -0.15) is 5.10 Å². The number of benzene rings is 1. The van der Waals surface area contributed by atoms with Crippen LogP contribution in [0.5, 0.6) is 0 Å². The molecular formula is C23H26ClN5O. The Balaban J connectivity index is 1.32. The number of halogens is 1. The third-order valence-corrected chi connectivity index (χ3v) is 5.72. The number of carbonyl (C=O) groups is 1. The van der Waals surface area contributed by atoms with E-state index in [1.54, 1.807) is 16.8 Å². The molecule has 0 radical (unpaired) electrons. The Morgan fingerprint density at radius 2 is 1.97 bits per heavy atom. The summed E-state index contributed by atoms with van der Waals surface area (Å²) in [5.41, 5.74) is 4.94. The highest BCUT2D eigenvalue weighted by Crippen LogP contribution is 2.19. The summed E-state index contributed by atoms with van der Waals surface area (Å²) < 4.78 is 1.72. The van der Waals surface area contributed by atoms with Crippen LogP contribution in [0.2, 0.25) is 5.02 Å². The van der Waals surface area contributed by atoms with Gasteiger partial charge in [0.1, 0.15) is 5.69 Å². The number of carbonyl (C=O) groups excluding carboxylic acids is 1. The monoisotopic (exact) mass is 423 g/mol. The van der Waals surface area contributed by atoms with Crippen LogP contribution in [0.1, 0.15) is 39.4 Å². The van der Waals surface area contributed by atoms with Crippen LogP contribution < -0.4 is 5.32 Å². The molecule has 1 aliphatic heterocycles. The second-order valence-electron chi connectivity index (χ2n) is 7.74. The van der Waals surface area contributed by atoms with Gasteiger partial charge in [0.15, 0.2) is 5.82 Å². The van der Waals surface area contributed by atoms with Crippen molar-refractivity contribution in [2.24, 2.45) is 0 Å². The van der Waals surface area contributed by atoms with Gasteiger partial charge in [-0.15, -0.1) is 0 Å². The van der Waals surface area contributed by atoms with Gasteiger partial charge in [0.25, 0.3) is 5.91 Å².